The van der Waals surface area contributed by atoms with Gasteiger partial charge in [0.25, 0.3) is 16.9 Å². The summed E-state index contributed by atoms with van der Waals surface area (Å²) in [6.07, 6.45) is -0.192. The second-order valence-corrected chi connectivity index (χ2v) is 4.50. The number of nitro groups is 2. The van der Waals surface area contributed by atoms with E-state index in [0.717, 1.165) is 22.9 Å². The lowest BCUT2D eigenvalue weighted by Crippen LogP contribution is -2.22. The maximum absolute atomic E-state index is 11.7. The summed E-state index contributed by atoms with van der Waals surface area (Å²) in [5.41, 5.74) is -0.753. The van der Waals surface area contributed by atoms with Crippen LogP contribution < -0.4 is 5.56 Å². The van der Waals surface area contributed by atoms with Gasteiger partial charge in [-0.3, -0.25) is 25.0 Å². The lowest BCUT2D eigenvalue weighted by Gasteiger charge is -2.12. The molecule has 0 amide bonds. The van der Waals surface area contributed by atoms with Crippen molar-refractivity contribution in [2.24, 2.45) is 0 Å². The average molecular weight is 305 g/mol. The molecule has 0 aliphatic carbocycles. The van der Waals surface area contributed by atoms with Crippen molar-refractivity contribution in [2.75, 3.05) is 0 Å². The smallest absolute Gasteiger partial charge is 0.285 e. The molecule has 0 aliphatic rings. The molecule has 1 unspecified atom stereocenters. The molecule has 2 aromatic rings. The Kier molecular flexibility index (Phi) is 4.28. The Labute approximate surface area is 123 Å². The van der Waals surface area contributed by atoms with Crippen LogP contribution in [-0.4, -0.2) is 19.5 Å². The molecule has 0 bridgehead atoms. The van der Waals surface area contributed by atoms with E-state index in [1.807, 2.05) is 0 Å². The van der Waals surface area contributed by atoms with Crippen molar-refractivity contribution in [1.82, 2.24) is 4.57 Å². The topological polar surface area (TPSA) is 129 Å². The van der Waals surface area contributed by atoms with Gasteiger partial charge in [-0.2, -0.15) is 0 Å². The first-order valence-corrected chi connectivity index (χ1v) is 6.16. The molecule has 2 rings (SSSR count). The van der Waals surface area contributed by atoms with Gasteiger partial charge in [0, 0.05) is 24.3 Å². The maximum Gasteiger partial charge on any atom is 0.285 e. The number of nitrogens with zero attached hydrogens (tertiary/aromatic N) is 3. The van der Waals surface area contributed by atoms with Crippen LogP contribution in [0.25, 0.3) is 0 Å². The summed E-state index contributed by atoms with van der Waals surface area (Å²) in [6.45, 7) is -0.248. The molecule has 0 saturated heterocycles. The Morgan fingerprint density at radius 1 is 1.09 bits per heavy atom. The van der Waals surface area contributed by atoms with E-state index < -0.39 is 21.5 Å². The Balaban J connectivity index is 2.29. The average Bonchev–Trinajstić information content (AvgIpc) is 2.49. The second-order valence-electron chi connectivity index (χ2n) is 4.50. The maximum atomic E-state index is 11.7. The van der Waals surface area contributed by atoms with Crippen LogP contribution in [0.1, 0.15) is 11.7 Å². The van der Waals surface area contributed by atoms with Gasteiger partial charge < -0.3 is 9.67 Å². The van der Waals surface area contributed by atoms with Gasteiger partial charge in [0.1, 0.15) is 0 Å². The standard InChI is InChI=1S/C13H11N3O6/c17-12(9-2-1-3-10(6-9)15(19)20)8-14-7-11(16(21)22)4-5-13(14)18/h1-7,12,17H,8H2. The van der Waals surface area contributed by atoms with Crippen LogP contribution in [0.15, 0.2) is 47.4 Å². The normalized spacial score (nSPS) is 11.9. The summed E-state index contributed by atoms with van der Waals surface area (Å²) in [5, 5.41) is 31.5. The molecule has 0 spiro atoms. The van der Waals surface area contributed by atoms with Gasteiger partial charge in [-0.15, -0.1) is 0 Å². The highest BCUT2D eigenvalue weighted by Gasteiger charge is 2.15. The van der Waals surface area contributed by atoms with Crippen LogP contribution in [0, 0.1) is 20.2 Å². The summed E-state index contributed by atoms with van der Waals surface area (Å²) >= 11 is 0. The zero-order chi connectivity index (χ0) is 16.3. The van der Waals surface area contributed by atoms with E-state index in [1.54, 1.807) is 0 Å². The number of hydrogen-bond acceptors (Lipinski definition) is 6. The minimum absolute atomic E-state index is 0.192. The van der Waals surface area contributed by atoms with Crippen molar-refractivity contribution in [3.63, 3.8) is 0 Å². The SMILES string of the molecule is O=c1ccc([N+](=O)[O-])cn1CC(O)c1cccc([N+](=O)[O-])c1. The fraction of sp³-hybridized carbons (Fsp3) is 0.154. The molecule has 9 heteroatoms. The van der Waals surface area contributed by atoms with E-state index in [2.05, 4.69) is 0 Å². The predicted octanol–water partition coefficient (Wildman–Crippen LogP) is 1.40. The van der Waals surface area contributed by atoms with E-state index in [0.29, 0.717) is 0 Å². The van der Waals surface area contributed by atoms with Gasteiger partial charge in [0.05, 0.1) is 28.7 Å². The van der Waals surface area contributed by atoms with Crippen LogP contribution in [0.5, 0.6) is 0 Å². The first-order chi connectivity index (χ1) is 10.4. The highest BCUT2D eigenvalue weighted by atomic mass is 16.6. The van der Waals surface area contributed by atoms with Gasteiger partial charge in [-0.05, 0) is 5.56 Å². The summed E-state index contributed by atoms with van der Waals surface area (Å²) < 4.78 is 0.988. The molecule has 1 heterocycles. The highest BCUT2D eigenvalue weighted by Crippen LogP contribution is 2.20. The molecule has 0 radical (unpaired) electrons. The van der Waals surface area contributed by atoms with E-state index in [-0.39, 0.29) is 23.5 Å². The second kappa shape index (κ2) is 6.14. The molecule has 0 fully saturated rings. The number of rotatable bonds is 5. The molecule has 1 aromatic carbocycles. The predicted molar refractivity (Wildman–Crippen MR) is 75.4 cm³/mol. The monoisotopic (exact) mass is 305 g/mol. The Morgan fingerprint density at radius 2 is 1.77 bits per heavy atom. The summed E-state index contributed by atoms with van der Waals surface area (Å²) in [6, 6.07) is 7.44. The van der Waals surface area contributed by atoms with E-state index in [4.69, 9.17) is 0 Å². The third-order valence-corrected chi connectivity index (χ3v) is 3.01. The Bertz CT molecular complexity index is 785. The lowest BCUT2D eigenvalue weighted by molar-refractivity contribution is -0.385. The van der Waals surface area contributed by atoms with Gasteiger partial charge in [0.15, 0.2) is 0 Å². The lowest BCUT2D eigenvalue weighted by atomic mass is 10.1. The number of benzene rings is 1. The van der Waals surface area contributed by atoms with Crippen molar-refractivity contribution in [3.8, 4) is 0 Å². The van der Waals surface area contributed by atoms with Gasteiger partial charge in [0.2, 0.25) is 0 Å². The summed E-state index contributed by atoms with van der Waals surface area (Å²) in [7, 11) is 0. The number of non-ortho nitro benzene ring substituents is 1. The number of aliphatic hydroxyl groups is 1. The zero-order valence-electron chi connectivity index (χ0n) is 11.2. The van der Waals surface area contributed by atoms with Crippen LogP contribution in [0.2, 0.25) is 0 Å². The zero-order valence-corrected chi connectivity index (χ0v) is 11.2. The molecule has 22 heavy (non-hydrogen) atoms. The minimum atomic E-state index is -1.21. The molecular formula is C13H11N3O6. The van der Waals surface area contributed by atoms with E-state index in [1.165, 1.54) is 24.3 Å². The number of pyridine rings is 1. The van der Waals surface area contributed by atoms with Crippen molar-refractivity contribution in [3.05, 3.63) is 78.7 Å². The third-order valence-electron chi connectivity index (χ3n) is 3.01. The van der Waals surface area contributed by atoms with E-state index >= 15 is 0 Å². The van der Waals surface area contributed by atoms with Gasteiger partial charge in [-0.25, -0.2) is 0 Å². The highest BCUT2D eigenvalue weighted by molar-refractivity contribution is 5.35. The molecule has 1 N–H and O–H groups in total. The number of hydrogen-bond donors (Lipinski definition) is 1. The molecule has 0 saturated carbocycles. The summed E-state index contributed by atoms with van der Waals surface area (Å²) in [5.74, 6) is 0. The number of aromatic nitrogens is 1. The van der Waals surface area contributed by atoms with Crippen molar-refractivity contribution in [2.45, 2.75) is 12.6 Å². The van der Waals surface area contributed by atoms with Gasteiger partial charge in [-0.1, -0.05) is 12.1 Å². The third kappa shape index (κ3) is 3.33. The Morgan fingerprint density at radius 3 is 2.41 bits per heavy atom. The van der Waals surface area contributed by atoms with Crippen LogP contribution in [-0.2, 0) is 6.54 Å². The first kappa shape index (κ1) is 15.3. The molecule has 114 valence electrons. The number of aliphatic hydroxyl groups excluding tert-OH is 1. The largest absolute Gasteiger partial charge is 0.387 e. The fourth-order valence-corrected chi connectivity index (χ4v) is 1.91. The Hall–Kier alpha value is -3.07. The fourth-order valence-electron chi connectivity index (χ4n) is 1.91. The van der Waals surface area contributed by atoms with E-state index in [9.17, 15) is 30.1 Å². The molecule has 1 aromatic heterocycles. The molecule has 1 atom stereocenters. The van der Waals surface area contributed by atoms with Crippen molar-refractivity contribution >= 4 is 11.4 Å². The van der Waals surface area contributed by atoms with Crippen molar-refractivity contribution in [1.29, 1.82) is 0 Å². The first-order valence-electron chi connectivity index (χ1n) is 6.16. The van der Waals surface area contributed by atoms with Crippen LogP contribution >= 0.6 is 0 Å². The minimum Gasteiger partial charge on any atom is -0.387 e. The number of nitro benzene ring substituents is 1. The van der Waals surface area contributed by atoms with Crippen molar-refractivity contribution < 1.29 is 15.0 Å². The molecule has 0 aliphatic heterocycles. The summed E-state index contributed by atoms with van der Waals surface area (Å²) in [4.78, 5) is 31.8. The quantitative estimate of drug-likeness (QED) is 0.656. The van der Waals surface area contributed by atoms with Crippen LogP contribution in [0.3, 0.4) is 0 Å². The van der Waals surface area contributed by atoms with Crippen LogP contribution in [0.4, 0.5) is 11.4 Å². The van der Waals surface area contributed by atoms with Gasteiger partial charge >= 0.3 is 0 Å². The molecule has 9 nitrogen and oxygen atoms in total. The molecular weight excluding hydrogens is 294 g/mol.